The number of hydrogen-bond donors (Lipinski definition) is 2. The molecule has 1 aliphatic heterocycles. The molecule has 6 heteroatoms. The Balaban J connectivity index is 1.74. The first kappa shape index (κ1) is 16.8. The van der Waals surface area contributed by atoms with Crippen LogP contribution in [0.2, 0.25) is 0 Å². The Morgan fingerprint density at radius 2 is 1.92 bits per heavy atom. The molecule has 1 fully saturated rings. The van der Waals surface area contributed by atoms with Gasteiger partial charge in [-0.3, -0.25) is 9.59 Å². The normalized spacial score (nSPS) is 16.9. The molecule has 2 aromatic carbocycles. The van der Waals surface area contributed by atoms with Crippen molar-refractivity contribution in [1.82, 2.24) is 10.2 Å². The number of benzene rings is 2. The summed E-state index contributed by atoms with van der Waals surface area (Å²) in [4.78, 5) is 26.7. The molecule has 1 saturated heterocycles. The highest BCUT2D eigenvalue weighted by atomic mass is 16.5. The van der Waals surface area contributed by atoms with Crippen molar-refractivity contribution in [3.63, 3.8) is 0 Å². The molecule has 3 rings (SSSR count). The standard InChI is InChI=1S/C19H21N3O3/c1-25-16-10-6-5-9-15(16)21-13-17(23)22-12-11-20-19(24)18(22)14-7-3-2-4-8-14/h2-10,18,21H,11-13H2,1H3,(H,20,24)/t18-/m0/s1. The van der Waals surface area contributed by atoms with Gasteiger partial charge in [-0.2, -0.15) is 0 Å². The summed E-state index contributed by atoms with van der Waals surface area (Å²) in [5, 5.41) is 5.93. The zero-order chi connectivity index (χ0) is 17.6. The van der Waals surface area contributed by atoms with E-state index in [4.69, 9.17) is 4.74 Å². The van der Waals surface area contributed by atoms with E-state index < -0.39 is 6.04 Å². The number of methoxy groups -OCH3 is 1. The fraction of sp³-hybridized carbons (Fsp3) is 0.263. The second-order valence-electron chi connectivity index (χ2n) is 5.75. The van der Waals surface area contributed by atoms with Crippen LogP contribution in [-0.2, 0) is 9.59 Å². The van der Waals surface area contributed by atoms with Crippen LogP contribution in [0.25, 0.3) is 0 Å². The van der Waals surface area contributed by atoms with Crippen molar-refractivity contribution in [2.45, 2.75) is 6.04 Å². The maximum absolute atomic E-state index is 12.7. The molecule has 0 radical (unpaired) electrons. The van der Waals surface area contributed by atoms with Crippen molar-refractivity contribution in [2.75, 3.05) is 32.1 Å². The maximum atomic E-state index is 12.7. The summed E-state index contributed by atoms with van der Waals surface area (Å²) >= 11 is 0. The quantitative estimate of drug-likeness (QED) is 0.872. The first-order chi connectivity index (χ1) is 12.2. The molecule has 0 aromatic heterocycles. The van der Waals surface area contributed by atoms with Crippen LogP contribution in [0.5, 0.6) is 5.75 Å². The van der Waals surface area contributed by atoms with Gasteiger partial charge < -0.3 is 20.3 Å². The van der Waals surface area contributed by atoms with E-state index >= 15 is 0 Å². The number of nitrogens with one attached hydrogen (secondary N) is 2. The van der Waals surface area contributed by atoms with Gasteiger partial charge in [0.15, 0.2) is 0 Å². The van der Waals surface area contributed by atoms with E-state index in [2.05, 4.69) is 10.6 Å². The predicted octanol–water partition coefficient (Wildman–Crippen LogP) is 1.81. The summed E-state index contributed by atoms with van der Waals surface area (Å²) in [5.74, 6) is 0.393. The molecule has 0 saturated carbocycles. The Bertz CT molecular complexity index is 749. The molecular formula is C19H21N3O3. The van der Waals surface area contributed by atoms with E-state index in [0.717, 1.165) is 11.3 Å². The van der Waals surface area contributed by atoms with Gasteiger partial charge in [0.05, 0.1) is 19.3 Å². The van der Waals surface area contributed by atoms with Crippen LogP contribution in [0.4, 0.5) is 5.69 Å². The van der Waals surface area contributed by atoms with Crippen LogP contribution in [-0.4, -0.2) is 43.5 Å². The summed E-state index contributed by atoms with van der Waals surface area (Å²) in [5.41, 5.74) is 1.56. The summed E-state index contributed by atoms with van der Waals surface area (Å²) in [6, 6.07) is 16.2. The lowest BCUT2D eigenvalue weighted by Gasteiger charge is -2.35. The van der Waals surface area contributed by atoms with Gasteiger partial charge in [0.25, 0.3) is 0 Å². The largest absolute Gasteiger partial charge is 0.495 e. The van der Waals surface area contributed by atoms with Crippen molar-refractivity contribution < 1.29 is 14.3 Å². The van der Waals surface area contributed by atoms with Crippen LogP contribution < -0.4 is 15.4 Å². The van der Waals surface area contributed by atoms with Gasteiger partial charge in [0.1, 0.15) is 11.8 Å². The van der Waals surface area contributed by atoms with Crippen LogP contribution in [0.15, 0.2) is 54.6 Å². The molecule has 25 heavy (non-hydrogen) atoms. The van der Waals surface area contributed by atoms with Crippen LogP contribution in [0, 0.1) is 0 Å². The summed E-state index contributed by atoms with van der Waals surface area (Å²) in [6.45, 7) is 1.04. The number of ether oxygens (including phenoxy) is 1. The zero-order valence-electron chi connectivity index (χ0n) is 14.1. The minimum Gasteiger partial charge on any atom is -0.495 e. The Hall–Kier alpha value is -3.02. The first-order valence-corrected chi connectivity index (χ1v) is 8.19. The average molecular weight is 339 g/mol. The minimum atomic E-state index is -0.595. The lowest BCUT2D eigenvalue weighted by Crippen LogP contribution is -2.53. The van der Waals surface area contributed by atoms with Gasteiger partial charge >= 0.3 is 0 Å². The number of carbonyl (C=O) groups is 2. The van der Waals surface area contributed by atoms with Crippen molar-refractivity contribution in [1.29, 1.82) is 0 Å². The van der Waals surface area contributed by atoms with Crippen LogP contribution in [0.1, 0.15) is 11.6 Å². The molecule has 2 aromatic rings. The average Bonchev–Trinajstić information content (AvgIpc) is 2.66. The van der Waals surface area contributed by atoms with E-state index in [9.17, 15) is 9.59 Å². The summed E-state index contributed by atoms with van der Waals surface area (Å²) in [6.07, 6.45) is 0. The van der Waals surface area contributed by atoms with Crippen molar-refractivity contribution in [2.24, 2.45) is 0 Å². The SMILES string of the molecule is COc1ccccc1NCC(=O)N1CCNC(=O)[C@@H]1c1ccccc1. The molecule has 1 heterocycles. The van der Waals surface area contributed by atoms with Crippen molar-refractivity contribution in [3.8, 4) is 5.75 Å². The highest BCUT2D eigenvalue weighted by Gasteiger charge is 2.33. The summed E-state index contributed by atoms with van der Waals surface area (Å²) in [7, 11) is 1.59. The third kappa shape index (κ3) is 3.74. The van der Waals surface area contributed by atoms with E-state index in [1.165, 1.54) is 0 Å². The molecule has 2 N–H and O–H groups in total. The monoisotopic (exact) mass is 339 g/mol. The highest BCUT2D eigenvalue weighted by molar-refractivity contribution is 5.91. The zero-order valence-corrected chi connectivity index (χ0v) is 14.1. The summed E-state index contributed by atoms with van der Waals surface area (Å²) < 4.78 is 5.28. The van der Waals surface area contributed by atoms with Gasteiger partial charge in [0.2, 0.25) is 11.8 Å². The second-order valence-corrected chi connectivity index (χ2v) is 5.75. The molecule has 6 nitrogen and oxygen atoms in total. The number of rotatable bonds is 5. The Labute approximate surface area is 146 Å². The smallest absolute Gasteiger partial charge is 0.247 e. The number of anilines is 1. The fourth-order valence-corrected chi connectivity index (χ4v) is 2.97. The fourth-order valence-electron chi connectivity index (χ4n) is 2.97. The van der Waals surface area contributed by atoms with Crippen molar-refractivity contribution >= 4 is 17.5 Å². The number of para-hydroxylation sites is 2. The molecular weight excluding hydrogens is 318 g/mol. The number of carbonyl (C=O) groups excluding carboxylic acids is 2. The van der Waals surface area contributed by atoms with Crippen LogP contribution >= 0.6 is 0 Å². The third-order valence-electron chi connectivity index (χ3n) is 4.18. The Kier molecular flexibility index (Phi) is 5.18. The second kappa shape index (κ2) is 7.70. The lowest BCUT2D eigenvalue weighted by molar-refractivity contribution is -0.142. The van der Waals surface area contributed by atoms with E-state index in [1.54, 1.807) is 12.0 Å². The van der Waals surface area contributed by atoms with E-state index in [1.807, 2.05) is 54.6 Å². The van der Waals surface area contributed by atoms with Gasteiger partial charge in [-0.15, -0.1) is 0 Å². The molecule has 1 atom stereocenters. The maximum Gasteiger partial charge on any atom is 0.247 e. The van der Waals surface area contributed by atoms with E-state index in [0.29, 0.717) is 18.8 Å². The predicted molar refractivity (Wildman–Crippen MR) is 95.4 cm³/mol. The molecule has 130 valence electrons. The Morgan fingerprint density at radius 3 is 2.68 bits per heavy atom. The number of piperazine rings is 1. The van der Waals surface area contributed by atoms with Gasteiger partial charge in [-0.1, -0.05) is 42.5 Å². The molecule has 0 spiro atoms. The lowest BCUT2D eigenvalue weighted by atomic mass is 10.0. The molecule has 0 aliphatic carbocycles. The Morgan fingerprint density at radius 1 is 1.20 bits per heavy atom. The topological polar surface area (TPSA) is 70.7 Å². The molecule has 0 unspecified atom stereocenters. The van der Waals surface area contributed by atoms with Gasteiger partial charge in [-0.05, 0) is 17.7 Å². The first-order valence-electron chi connectivity index (χ1n) is 8.19. The molecule has 0 bridgehead atoms. The van der Waals surface area contributed by atoms with Gasteiger partial charge in [0, 0.05) is 13.1 Å². The van der Waals surface area contributed by atoms with E-state index in [-0.39, 0.29) is 18.4 Å². The number of nitrogens with zero attached hydrogens (tertiary/aromatic N) is 1. The third-order valence-corrected chi connectivity index (χ3v) is 4.18. The molecule has 1 aliphatic rings. The highest BCUT2D eigenvalue weighted by Crippen LogP contribution is 2.25. The van der Waals surface area contributed by atoms with Gasteiger partial charge in [-0.25, -0.2) is 0 Å². The van der Waals surface area contributed by atoms with Crippen molar-refractivity contribution in [3.05, 3.63) is 60.2 Å². The number of hydrogen-bond acceptors (Lipinski definition) is 4. The molecule has 2 amide bonds. The number of amides is 2. The van der Waals surface area contributed by atoms with Crippen LogP contribution in [0.3, 0.4) is 0 Å². The minimum absolute atomic E-state index is 0.0942.